The van der Waals surface area contributed by atoms with E-state index in [1.165, 1.54) is 19.3 Å². The van der Waals surface area contributed by atoms with Crippen LogP contribution in [-0.4, -0.2) is 53.5 Å². The fourth-order valence-corrected chi connectivity index (χ4v) is 3.06. The van der Waals surface area contributed by atoms with Crippen LogP contribution in [0.25, 0.3) is 0 Å². The van der Waals surface area contributed by atoms with E-state index >= 15 is 0 Å². The highest BCUT2D eigenvalue weighted by molar-refractivity contribution is 5.78. The maximum Gasteiger partial charge on any atom is 0.249 e. The highest BCUT2D eigenvalue weighted by atomic mass is 16.5. The third-order valence-corrected chi connectivity index (χ3v) is 4.27. The minimum absolute atomic E-state index is 0.0327. The molecule has 2 aliphatic rings. The van der Waals surface area contributed by atoms with Gasteiger partial charge in [0.1, 0.15) is 12.6 Å². The first kappa shape index (κ1) is 15.4. The third kappa shape index (κ3) is 3.64. The predicted molar refractivity (Wildman–Crippen MR) is 77.1 cm³/mol. The quantitative estimate of drug-likeness (QED) is 0.841. The summed E-state index contributed by atoms with van der Waals surface area (Å²) < 4.78 is 16.7. The first-order valence-corrected chi connectivity index (χ1v) is 8.03. The second kappa shape index (κ2) is 7.19. The van der Waals surface area contributed by atoms with Crippen molar-refractivity contribution in [3.8, 4) is 0 Å². The fraction of sp³-hybridized carbons (Fsp3) is 0.800. The zero-order valence-electron chi connectivity index (χ0n) is 13.0. The molecule has 1 aliphatic heterocycles. The van der Waals surface area contributed by atoms with Gasteiger partial charge in [-0.3, -0.25) is 4.79 Å². The second-order valence-electron chi connectivity index (χ2n) is 5.91. The van der Waals surface area contributed by atoms with E-state index in [4.69, 9.17) is 13.9 Å². The number of amides is 1. The molecule has 1 aromatic rings. The first-order chi connectivity index (χ1) is 10.7. The van der Waals surface area contributed by atoms with Gasteiger partial charge in [-0.25, -0.2) is 0 Å². The van der Waals surface area contributed by atoms with Crippen molar-refractivity contribution < 1.29 is 18.7 Å². The minimum atomic E-state index is -0.308. The topological polar surface area (TPSA) is 77.7 Å². The van der Waals surface area contributed by atoms with Crippen LogP contribution in [0.2, 0.25) is 0 Å². The van der Waals surface area contributed by atoms with Crippen molar-refractivity contribution in [1.82, 2.24) is 15.1 Å². The molecule has 122 valence electrons. The average Bonchev–Trinajstić information content (AvgIpc) is 3.00. The fourth-order valence-electron chi connectivity index (χ4n) is 3.06. The number of morpholine rings is 1. The molecular weight excluding hydrogens is 286 g/mol. The first-order valence-electron chi connectivity index (χ1n) is 8.03. The Bertz CT molecular complexity index is 499. The molecule has 7 heteroatoms. The summed E-state index contributed by atoms with van der Waals surface area (Å²) in [5.74, 6) is 0.893. The summed E-state index contributed by atoms with van der Waals surface area (Å²) in [5, 5.41) is 7.85. The molecule has 0 unspecified atom stereocenters. The number of rotatable bonds is 4. The van der Waals surface area contributed by atoms with Gasteiger partial charge in [0.25, 0.3) is 0 Å². The predicted octanol–water partition coefficient (Wildman–Crippen LogP) is 1.63. The highest BCUT2D eigenvalue weighted by Crippen LogP contribution is 2.24. The smallest absolute Gasteiger partial charge is 0.249 e. The number of hydrogen-bond donors (Lipinski definition) is 0. The average molecular weight is 309 g/mol. The van der Waals surface area contributed by atoms with Crippen LogP contribution in [0.4, 0.5) is 0 Å². The lowest BCUT2D eigenvalue weighted by atomic mass is 9.98. The normalized spacial score (nSPS) is 23.7. The maximum atomic E-state index is 12.5. The Balaban J connectivity index is 1.58. The van der Waals surface area contributed by atoms with Gasteiger partial charge in [0.05, 0.1) is 19.3 Å². The van der Waals surface area contributed by atoms with Gasteiger partial charge >= 0.3 is 0 Å². The number of aryl methyl sites for hydroxylation is 1. The van der Waals surface area contributed by atoms with Crippen molar-refractivity contribution in [2.24, 2.45) is 0 Å². The molecule has 1 aromatic heterocycles. The van der Waals surface area contributed by atoms with Gasteiger partial charge in [-0.15, -0.1) is 10.2 Å². The molecule has 1 amide bonds. The van der Waals surface area contributed by atoms with Crippen molar-refractivity contribution in [3.63, 3.8) is 0 Å². The Hall–Kier alpha value is -1.47. The molecule has 1 atom stereocenters. The molecule has 0 bridgehead atoms. The van der Waals surface area contributed by atoms with Gasteiger partial charge in [-0.1, -0.05) is 19.3 Å². The lowest BCUT2D eigenvalue weighted by Gasteiger charge is -2.34. The van der Waals surface area contributed by atoms with Crippen molar-refractivity contribution in [2.75, 3.05) is 26.4 Å². The lowest BCUT2D eigenvalue weighted by molar-refractivity contribution is -0.148. The van der Waals surface area contributed by atoms with Crippen LogP contribution in [0.5, 0.6) is 0 Å². The molecule has 22 heavy (non-hydrogen) atoms. The number of hydrogen-bond acceptors (Lipinski definition) is 6. The molecule has 1 aliphatic carbocycles. The molecule has 2 heterocycles. The highest BCUT2D eigenvalue weighted by Gasteiger charge is 2.32. The van der Waals surface area contributed by atoms with E-state index in [1.807, 2.05) is 0 Å². The lowest BCUT2D eigenvalue weighted by Crippen LogP contribution is -2.45. The number of carbonyl (C=O) groups is 1. The summed E-state index contributed by atoms with van der Waals surface area (Å²) >= 11 is 0. The van der Waals surface area contributed by atoms with E-state index in [0.717, 1.165) is 12.8 Å². The van der Waals surface area contributed by atoms with E-state index in [1.54, 1.807) is 11.8 Å². The van der Waals surface area contributed by atoms with Crippen LogP contribution in [0.1, 0.15) is 49.9 Å². The standard InChI is InChI=1S/C15H23N3O4/c1-11-16-17-15(22-11)13-9-20-8-7-18(13)14(19)10-21-12-5-3-2-4-6-12/h12-13H,2-10H2,1H3/t13-/m1/s1. The van der Waals surface area contributed by atoms with Crippen LogP contribution in [0.3, 0.4) is 0 Å². The van der Waals surface area contributed by atoms with Crippen LogP contribution in [-0.2, 0) is 14.3 Å². The summed E-state index contributed by atoms with van der Waals surface area (Å²) in [5.41, 5.74) is 0. The Kier molecular flexibility index (Phi) is 5.04. The van der Waals surface area contributed by atoms with E-state index in [9.17, 15) is 4.79 Å². The van der Waals surface area contributed by atoms with Gasteiger partial charge in [0.2, 0.25) is 17.7 Å². The largest absolute Gasteiger partial charge is 0.423 e. The molecule has 0 radical (unpaired) electrons. The van der Waals surface area contributed by atoms with Crippen LogP contribution in [0.15, 0.2) is 4.42 Å². The Morgan fingerprint density at radius 1 is 1.32 bits per heavy atom. The third-order valence-electron chi connectivity index (χ3n) is 4.27. The molecule has 1 saturated carbocycles. The van der Waals surface area contributed by atoms with Gasteiger partial charge in [-0.05, 0) is 12.8 Å². The minimum Gasteiger partial charge on any atom is -0.423 e. The molecule has 0 spiro atoms. The van der Waals surface area contributed by atoms with Gasteiger partial charge in [0.15, 0.2) is 0 Å². The van der Waals surface area contributed by atoms with E-state index in [0.29, 0.717) is 31.5 Å². The SMILES string of the molecule is Cc1nnc([C@H]2COCCN2C(=O)COC2CCCCC2)o1. The number of nitrogens with zero attached hydrogens (tertiary/aromatic N) is 3. The Morgan fingerprint density at radius 2 is 2.14 bits per heavy atom. The van der Waals surface area contributed by atoms with Crippen LogP contribution >= 0.6 is 0 Å². The number of carbonyl (C=O) groups excluding carboxylic acids is 1. The molecule has 0 aromatic carbocycles. The van der Waals surface area contributed by atoms with E-state index in [2.05, 4.69) is 10.2 Å². The number of aromatic nitrogens is 2. The molecule has 3 rings (SSSR count). The summed E-state index contributed by atoms with van der Waals surface area (Å²) in [6.45, 7) is 3.29. The molecular formula is C15H23N3O4. The second-order valence-corrected chi connectivity index (χ2v) is 5.91. The Labute approximate surface area is 130 Å². The van der Waals surface area contributed by atoms with E-state index < -0.39 is 0 Å². The van der Waals surface area contributed by atoms with Gasteiger partial charge < -0.3 is 18.8 Å². The van der Waals surface area contributed by atoms with Crippen molar-refractivity contribution in [1.29, 1.82) is 0 Å². The molecule has 7 nitrogen and oxygen atoms in total. The summed E-state index contributed by atoms with van der Waals surface area (Å²) in [6.07, 6.45) is 6.00. The van der Waals surface area contributed by atoms with Crippen molar-refractivity contribution >= 4 is 5.91 Å². The van der Waals surface area contributed by atoms with Crippen molar-refractivity contribution in [2.45, 2.75) is 51.2 Å². The Morgan fingerprint density at radius 3 is 2.86 bits per heavy atom. The summed E-state index contributed by atoms with van der Waals surface area (Å²) in [4.78, 5) is 14.2. The molecule has 0 N–H and O–H groups in total. The monoisotopic (exact) mass is 309 g/mol. The van der Waals surface area contributed by atoms with E-state index in [-0.39, 0.29) is 24.7 Å². The van der Waals surface area contributed by atoms with Gasteiger partial charge in [-0.2, -0.15) is 0 Å². The summed E-state index contributed by atoms with van der Waals surface area (Å²) in [7, 11) is 0. The zero-order chi connectivity index (χ0) is 15.4. The van der Waals surface area contributed by atoms with Crippen LogP contribution < -0.4 is 0 Å². The number of ether oxygens (including phenoxy) is 2. The maximum absolute atomic E-state index is 12.5. The van der Waals surface area contributed by atoms with Crippen molar-refractivity contribution in [3.05, 3.63) is 11.8 Å². The van der Waals surface area contributed by atoms with Gasteiger partial charge in [0, 0.05) is 13.5 Å². The summed E-state index contributed by atoms with van der Waals surface area (Å²) in [6, 6.07) is -0.308. The molecule has 1 saturated heterocycles. The van der Waals surface area contributed by atoms with Crippen LogP contribution in [0, 0.1) is 6.92 Å². The zero-order valence-corrected chi connectivity index (χ0v) is 13.0. The molecule has 2 fully saturated rings.